The second-order valence-electron chi connectivity index (χ2n) is 7.40. The second kappa shape index (κ2) is 8.40. The summed E-state index contributed by atoms with van der Waals surface area (Å²) < 4.78 is 11.4. The average Bonchev–Trinajstić information content (AvgIpc) is 3.21. The summed E-state index contributed by atoms with van der Waals surface area (Å²) in [7, 11) is 0. The number of anilines is 1. The highest BCUT2D eigenvalue weighted by Gasteiger charge is 2.52. The van der Waals surface area contributed by atoms with Gasteiger partial charge in [0.1, 0.15) is 17.5 Å². The number of fused-ring (bicyclic) bond motifs is 1. The summed E-state index contributed by atoms with van der Waals surface area (Å²) >= 11 is 7.82. The smallest absolute Gasteiger partial charge is 0.248 e. The highest BCUT2D eigenvalue weighted by molar-refractivity contribution is 8.01. The lowest BCUT2D eigenvalue weighted by Crippen LogP contribution is -2.48. The molecular formula is C22H23ClN2O4S. The number of carbonyl (C=O) groups is 2. The second-order valence-corrected chi connectivity index (χ2v) is 9.34. The van der Waals surface area contributed by atoms with Crippen LogP contribution >= 0.6 is 23.4 Å². The molecule has 2 aliphatic heterocycles. The Kier molecular flexibility index (Phi) is 5.84. The van der Waals surface area contributed by atoms with Gasteiger partial charge in [0.25, 0.3) is 0 Å². The van der Waals surface area contributed by atoms with Gasteiger partial charge in [0.05, 0.1) is 17.2 Å². The minimum absolute atomic E-state index is 0.0274. The van der Waals surface area contributed by atoms with E-state index >= 15 is 0 Å². The number of ether oxygens (including phenoxy) is 2. The Morgan fingerprint density at radius 2 is 2.00 bits per heavy atom. The van der Waals surface area contributed by atoms with Crippen molar-refractivity contribution >= 4 is 40.9 Å². The summed E-state index contributed by atoms with van der Waals surface area (Å²) in [6, 6.07) is 11.8. The lowest BCUT2D eigenvalue weighted by molar-refractivity contribution is -0.135. The topological polar surface area (TPSA) is 67.9 Å². The Bertz CT molecular complexity index is 968. The lowest BCUT2D eigenvalue weighted by Gasteiger charge is -2.30. The molecule has 2 aromatic rings. The maximum absolute atomic E-state index is 13.0. The number of benzene rings is 2. The summed E-state index contributed by atoms with van der Waals surface area (Å²) in [6.45, 7) is 4.54. The molecule has 0 radical (unpaired) electrons. The van der Waals surface area contributed by atoms with Gasteiger partial charge in [-0.15, -0.1) is 11.8 Å². The quantitative estimate of drug-likeness (QED) is 0.681. The minimum atomic E-state index is -0.507. The van der Waals surface area contributed by atoms with Gasteiger partial charge in [-0.05, 0) is 62.7 Å². The van der Waals surface area contributed by atoms with Crippen LogP contribution in [0.1, 0.15) is 26.7 Å². The molecule has 0 spiro atoms. The third-order valence-corrected chi connectivity index (χ3v) is 7.05. The van der Waals surface area contributed by atoms with E-state index in [0.29, 0.717) is 41.0 Å². The van der Waals surface area contributed by atoms with E-state index in [4.69, 9.17) is 21.1 Å². The van der Waals surface area contributed by atoms with Gasteiger partial charge in [0, 0.05) is 17.2 Å². The van der Waals surface area contributed by atoms with Crippen molar-refractivity contribution in [3.8, 4) is 17.2 Å². The number of amides is 2. The van der Waals surface area contributed by atoms with E-state index in [1.165, 1.54) is 0 Å². The number of hydrogen-bond donors (Lipinski definition) is 1. The predicted molar refractivity (Wildman–Crippen MR) is 118 cm³/mol. The fourth-order valence-electron chi connectivity index (χ4n) is 3.82. The molecule has 158 valence electrons. The van der Waals surface area contributed by atoms with Crippen LogP contribution < -0.4 is 14.8 Å². The fourth-order valence-corrected chi connectivity index (χ4v) is 5.42. The Balaban J connectivity index is 1.52. The number of thioether (sulfide) groups is 1. The van der Waals surface area contributed by atoms with Crippen LogP contribution in [0.2, 0.25) is 5.02 Å². The molecule has 6 nitrogen and oxygen atoms in total. The van der Waals surface area contributed by atoms with Crippen LogP contribution in [0.5, 0.6) is 17.2 Å². The van der Waals surface area contributed by atoms with Crippen molar-refractivity contribution in [2.45, 2.75) is 37.6 Å². The SMILES string of the molecule is CCOc1ccc(Oc2ccc(Cl)cc2NC(=O)C2CSC3(C)CCC(=O)N23)cc1. The molecule has 2 heterocycles. The van der Waals surface area contributed by atoms with Crippen LogP contribution in [0.4, 0.5) is 5.69 Å². The molecule has 0 bridgehead atoms. The van der Waals surface area contributed by atoms with Crippen LogP contribution in [0, 0.1) is 0 Å². The summed E-state index contributed by atoms with van der Waals surface area (Å²) in [4.78, 5) is 26.8. The number of nitrogens with zero attached hydrogens (tertiary/aromatic N) is 1. The molecule has 2 amide bonds. The standard InChI is InChI=1S/C22H23ClN2O4S/c1-3-28-15-5-7-16(8-6-15)29-19-9-4-14(23)12-17(19)24-21(27)18-13-30-22(2)11-10-20(26)25(18)22/h4-9,12,18H,3,10-11,13H2,1-2H3,(H,24,27). The van der Waals surface area contributed by atoms with Crippen molar-refractivity contribution in [1.82, 2.24) is 4.90 Å². The molecule has 30 heavy (non-hydrogen) atoms. The Labute approximate surface area is 184 Å². The van der Waals surface area contributed by atoms with Crippen LogP contribution in [0.15, 0.2) is 42.5 Å². The first-order valence-electron chi connectivity index (χ1n) is 9.87. The average molecular weight is 447 g/mol. The summed E-state index contributed by atoms with van der Waals surface area (Å²) in [5.74, 6) is 2.20. The molecule has 0 saturated carbocycles. The van der Waals surface area contributed by atoms with Crippen LogP contribution in [0.25, 0.3) is 0 Å². The predicted octanol–water partition coefficient (Wildman–Crippen LogP) is 4.92. The first kappa shape index (κ1) is 20.9. The van der Waals surface area contributed by atoms with Gasteiger partial charge in [-0.1, -0.05) is 11.6 Å². The molecule has 2 unspecified atom stereocenters. The fraction of sp³-hybridized carbons (Fsp3) is 0.364. The molecule has 1 N–H and O–H groups in total. The Morgan fingerprint density at radius 3 is 2.73 bits per heavy atom. The minimum Gasteiger partial charge on any atom is -0.494 e. The zero-order valence-corrected chi connectivity index (χ0v) is 18.4. The van der Waals surface area contributed by atoms with Crippen LogP contribution in [-0.4, -0.2) is 40.0 Å². The molecule has 2 aromatic carbocycles. The van der Waals surface area contributed by atoms with Crippen LogP contribution in [0.3, 0.4) is 0 Å². The van der Waals surface area contributed by atoms with Gasteiger partial charge >= 0.3 is 0 Å². The van der Waals surface area contributed by atoms with Crippen molar-refractivity contribution in [3.63, 3.8) is 0 Å². The molecule has 2 saturated heterocycles. The van der Waals surface area contributed by atoms with Crippen LogP contribution in [-0.2, 0) is 9.59 Å². The van der Waals surface area contributed by atoms with Gasteiger partial charge in [-0.25, -0.2) is 0 Å². The van der Waals surface area contributed by atoms with E-state index in [1.54, 1.807) is 47.0 Å². The van der Waals surface area contributed by atoms with Crippen molar-refractivity contribution in [2.24, 2.45) is 0 Å². The van der Waals surface area contributed by atoms with Crippen molar-refractivity contribution in [3.05, 3.63) is 47.5 Å². The molecule has 4 rings (SSSR count). The largest absolute Gasteiger partial charge is 0.494 e. The van der Waals surface area contributed by atoms with E-state index in [9.17, 15) is 9.59 Å². The third-order valence-electron chi connectivity index (χ3n) is 5.31. The van der Waals surface area contributed by atoms with Gasteiger partial charge in [-0.3, -0.25) is 9.59 Å². The molecule has 0 aromatic heterocycles. The number of rotatable bonds is 6. The maximum Gasteiger partial charge on any atom is 0.248 e. The van der Waals surface area contributed by atoms with Gasteiger partial charge < -0.3 is 19.7 Å². The molecule has 2 atom stereocenters. The summed E-state index contributed by atoms with van der Waals surface area (Å²) in [5, 5.41) is 3.39. The summed E-state index contributed by atoms with van der Waals surface area (Å²) in [5.41, 5.74) is 0.464. The highest BCUT2D eigenvalue weighted by Crippen LogP contribution is 2.47. The zero-order valence-electron chi connectivity index (χ0n) is 16.8. The lowest BCUT2D eigenvalue weighted by atomic mass is 10.2. The highest BCUT2D eigenvalue weighted by atomic mass is 35.5. The van der Waals surface area contributed by atoms with Gasteiger partial charge in [-0.2, -0.15) is 0 Å². The number of carbonyl (C=O) groups excluding carboxylic acids is 2. The first-order valence-corrected chi connectivity index (χ1v) is 11.2. The maximum atomic E-state index is 13.0. The van der Waals surface area contributed by atoms with Gasteiger partial charge in [0.2, 0.25) is 11.8 Å². The first-order chi connectivity index (χ1) is 14.4. The zero-order chi connectivity index (χ0) is 21.3. The number of nitrogens with one attached hydrogen (secondary N) is 1. The van der Waals surface area contributed by atoms with E-state index in [1.807, 2.05) is 26.0 Å². The monoisotopic (exact) mass is 446 g/mol. The molecule has 8 heteroatoms. The molecule has 2 fully saturated rings. The molecule has 0 aliphatic carbocycles. The van der Waals surface area contributed by atoms with Crippen molar-refractivity contribution in [2.75, 3.05) is 17.7 Å². The van der Waals surface area contributed by atoms with E-state index in [-0.39, 0.29) is 16.7 Å². The normalized spacial score (nSPS) is 22.7. The van der Waals surface area contributed by atoms with Gasteiger partial charge in [0.15, 0.2) is 5.75 Å². The van der Waals surface area contributed by atoms with E-state index in [2.05, 4.69) is 5.32 Å². The van der Waals surface area contributed by atoms with E-state index in [0.717, 1.165) is 12.2 Å². The molecular weight excluding hydrogens is 424 g/mol. The third kappa shape index (κ3) is 4.09. The molecule has 2 aliphatic rings. The Hall–Kier alpha value is -2.38. The number of hydrogen-bond acceptors (Lipinski definition) is 5. The number of halogens is 1. The van der Waals surface area contributed by atoms with Crippen molar-refractivity contribution in [1.29, 1.82) is 0 Å². The van der Waals surface area contributed by atoms with Crippen molar-refractivity contribution < 1.29 is 19.1 Å². The Morgan fingerprint density at radius 1 is 1.27 bits per heavy atom. The summed E-state index contributed by atoms with van der Waals surface area (Å²) in [6.07, 6.45) is 1.25. The van der Waals surface area contributed by atoms with E-state index < -0.39 is 6.04 Å².